The number of rotatable bonds is 2. The maximum Gasteiger partial charge on any atom is 0.213 e. The van der Waals surface area contributed by atoms with Gasteiger partial charge in [0, 0.05) is 0 Å². The number of imidazole rings is 1. The standard InChI is InChI=1S/C11H7N5OS/c12-4-7-2-1-3-8-10(7)14-11(18)16(8)5-9-13-6-17-15-9/h1-3,6H,5H2,(H,14,18). The van der Waals surface area contributed by atoms with Gasteiger partial charge in [-0.3, -0.25) is 0 Å². The Labute approximate surface area is 106 Å². The summed E-state index contributed by atoms with van der Waals surface area (Å²) < 4.78 is 7.04. The first kappa shape index (κ1) is 10.7. The molecule has 3 aromatic rings. The van der Waals surface area contributed by atoms with E-state index in [0.29, 0.717) is 22.7 Å². The minimum absolute atomic E-state index is 0.407. The summed E-state index contributed by atoms with van der Waals surface area (Å²) in [5, 5.41) is 12.8. The number of para-hydroxylation sites is 1. The summed E-state index contributed by atoms with van der Waals surface area (Å²) in [6.07, 6.45) is 1.27. The molecule has 0 bridgehead atoms. The minimum atomic E-state index is 0.407. The number of nitrogens with one attached hydrogen (secondary N) is 1. The highest BCUT2D eigenvalue weighted by molar-refractivity contribution is 7.71. The zero-order chi connectivity index (χ0) is 12.5. The molecule has 0 fully saturated rings. The van der Waals surface area contributed by atoms with Crippen LogP contribution in [0.25, 0.3) is 11.0 Å². The molecule has 0 unspecified atom stereocenters. The van der Waals surface area contributed by atoms with E-state index in [9.17, 15) is 0 Å². The van der Waals surface area contributed by atoms with E-state index < -0.39 is 0 Å². The van der Waals surface area contributed by atoms with Gasteiger partial charge in [-0.05, 0) is 24.4 Å². The van der Waals surface area contributed by atoms with Crippen molar-refractivity contribution in [2.24, 2.45) is 0 Å². The van der Waals surface area contributed by atoms with Crippen LogP contribution < -0.4 is 0 Å². The van der Waals surface area contributed by atoms with E-state index in [1.54, 1.807) is 6.07 Å². The van der Waals surface area contributed by atoms with Crippen LogP contribution in [-0.4, -0.2) is 19.7 Å². The van der Waals surface area contributed by atoms with E-state index in [1.807, 2.05) is 16.7 Å². The lowest BCUT2D eigenvalue weighted by molar-refractivity contribution is 0.408. The van der Waals surface area contributed by atoms with Gasteiger partial charge >= 0.3 is 0 Å². The first-order valence-electron chi connectivity index (χ1n) is 5.16. The molecule has 0 amide bonds. The molecule has 0 radical (unpaired) electrons. The number of hydrogen-bond acceptors (Lipinski definition) is 5. The Morgan fingerprint density at radius 3 is 3.11 bits per heavy atom. The Hall–Kier alpha value is -2.46. The summed E-state index contributed by atoms with van der Waals surface area (Å²) in [5.74, 6) is 0.536. The van der Waals surface area contributed by atoms with Gasteiger partial charge < -0.3 is 14.1 Å². The predicted octanol–water partition coefficient (Wildman–Crippen LogP) is 2.00. The van der Waals surface area contributed by atoms with Crippen LogP contribution in [0.4, 0.5) is 0 Å². The molecule has 0 aliphatic heterocycles. The molecule has 0 spiro atoms. The maximum absolute atomic E-state index is 9.04. The van der Waals surface area contributed by atoms with Gasteiger partial charge in [0.25, 0.3) is 0 Å². The fraction of sp³-hybridized carbons (Fsp3) is 0.0909. The van der Waals surface area contributed by atoms with Crippen molar-refractivity contribution in [1.82, 2.24) is 19.7 Å². The van der Waals surface area contributed by atoms with Gasteiger partial charge in [0.05, 0.1) is 23.1 Å². The summed E-state index contributed by atoms with van der Waals surface area (Å²) in [5.41, 5.74) is 2.14. The molecule has 18 heavy (non-hydrogen) atoms. The molecule has 1 aromatic carbocycles. The van der Waals surface area contributed by atoms with Gasteiger partial charge in [-0.1, -0.05) is 11.2 Å². The Kier molecular flexibility index (Phi) is 2.42. The number of hydrogen-bond donors (Lipinski definition) is 1. The van der Waals surface area contributed by atoms with Crippen molar-refractivity contribution in [3.8, 4) is 6.07 Å². The van der Waals surface area contributed by atoms with E-state index in [1.165, 1.54) is 6.39 Å². The van der Waals surface area contributed by atoms with Crippen LogP contribution in [0.2, 0.25) is 0 Å². The summed E-state index contributed by atoms with van der Waals surface area (Å²) in [4.78, 5) is 6.99. The molecule has 1 N–H and O–H groups in total. The van der Waals surface area contributed by atoms with Gasteiger partial charge in [0.2, 0.25) is 6.39 Å². The molecule has 0 aliphatic carbocycles. The van der Waals surface area contributed by atoms with Gasteiger partial charge in [-0.25, -0.2) is 0 Å². The molecular formula is C11H7N5OS. The second-order valence-electron chi connectivity index (χ2n) is 3.68. The normalized spacial score (nSPS) is 10.6. The largest absolute Gasteiger partial charge is 0.343 e. The van der Waals surface area contributed by atoms with Gasteiger partial charge in [0.1, 0.15) is 6.07 Å². The average molecular weight is 257 g/mol. The van der Waals surface area contributed by atoms with Gasteiger partial charge in [-0.15, -0.1) is 0 Å². The number of aromatic nitrogens is 4. The second-order valence-corrected chi connectivity index (χ2v) is 4.06. The highest BCUT2D eigenvalue weighted by Crippen LogP contribution is 2.18. The van der Waals surface area contributed by atoms with Crippen molar-refractivity contribution < 1.29 is 4.52 Å². The lowest BCUT2D eigenvalue weighted by atomic mass is 10.2. The third-order valence-electron chi connectivity index (χ3n) is 2.64. The van der Waals surface area contributed by atoms with Crippen LogP contribution in [0, 0.1) is 16.1 Å². The van der Waals surface area contributed by atoms with Crippen molar-refractivity contribution in [1.29, 1.82) is 5.26 Å². The Bertz CT molecular complexity index is 793. The molecule has 0 saturated heterocycles. The van der Waals surface area contributed by atoms with Crippen molar-refractivity contribution in [3.05, 3.63) is 40.8 Å². The number of nitrogens with zero attached hydrogens (tertiary/aromatic N) is 4. The van der Waals surface area contributed by atoms with Crippen LogP contribution in [0.15, 0.2) is 29.1 Å². The number of H-pyrrole nitrogens is 1. The highest BCUT2D eigenvalue weighted by Gasteiger charge is 2.10. The number of aromatic amines is 1. The third-order valence-corrected chi connectivity index (χ3v) is 2.96. The summed E-state index contributed by atoms with van der Waals surface area (Å²) in [6.45, 7) is 0.407. The zero-order valence-electron chi connectivity index (χ0n) is 9.12. The number of fused-ring (bicyclic) bond motifs is 1. The summed E-state index contributed by atoms with van der Waals surface area (Å²) >= 11 is 5.25. The van der Waals surface area contributed by atoms with Crippen molar-refractivity contribution in [2.75, 3.05) is 0 Å². The van der Waals surface area contributed by atoms with Crippen LogP contribution in [0.1, 0.15) is 11.4 Å². The Balaban J connectivity index is 2.21. The quantitative estimate of drug-likeness (QED) is 0.710. The van der Waals surface area contributed by atoms with E-state index >= 15 is 0 Å². The fourth-order valence-corrected chi connectivity index (χ4v) is 2.10. The molecule has 0 aliphatic rings. The van der Waals surface area contributed by atoms with Crippen LogP contribution in [-0.2, 0) is 6.54 Å². The molecule has 2 heterocycles. The summed E-state index contributed by atoms with van der Waals surface area (Å²) in [6, 6.07) is 7.58. The SMILES string of the molecule is N#Cc1cccc2c1[nH]c(=S)n2Cc1ncon1. The molecule has 6 nitrogen and oxygen atoms in total. The molecule has 3 rings (SSSR count). The zero-order valence-corrected chi connectivity index (χ0v) is 9.94. The number of benzene rings is 1. The van der Waals surface area contributed by atoms with E-state index in [2.05, 4.69) is 25.7 Å². The van der Waals surface area contributed by atoms with E-state index in [-0.39, 0.29) is 0 Å². The van der Waals surface area contributed by atoms with Crippen LogP contribution >= 0.6 is 12.2 Å². The monoisotopic (exact) mass is 257 g/mol. The minimum Gasteiger partial charge on any atom is -0.343 e. The Morgan fingerprint density at radius 2 is 2.39 bits per heavy atom. The smallest absolute Gasteiger partial charge is 0.213 e. The second kappa shape index (κ2) is 4.09. The van der Waals surface area contributed by atoms with Gasteiger partial charge in [-0.2, -0.15) is 10.2 Å². The van der Waals surface area contributed by atoms with Crippen LogP contribution in [0.5, 0.6) is 0 Å². The molecule has 88 valence electrons. The van der Waals surface area contributed by atoms with Crippen molar-refractivity contribution >= 4 is 23.3 Å². The van der Waals surface area contributed by atoms with Crippen molar-refractivity contribution in [2.45, 2.75) is 6.54 Å². The maximum atomic E-state index is 9.04. The molecular weight excluding hydrogens is 250 g/mol. The molecule has 0 atom stereocenters. The van der Waals surface area contributed by atoms with E-state index in [4.69, 9.17) is 17.5 Å². The highest BCUT2D eigenvalue weighted by atomic mass is 32.1. The average Bonchev–Trinajstić information content (AvgIpc) is 2.99. The third kappa shape index (κ3) is 1.59. The first-order chi connectivity index (χ1) is 8.79. The molecule has 2 aromatic heterocycles. The topological polar surface area (TPSA) is 83.4 Å². The molecule has 7 heteroatoms. The number of nitriles is 1. The lowest BCUT2D eigenvalue weighted by Crippen LogP contribution is -2.01. The molecule has 0 saturated carbocycles. The summed E-state index contributed by atoms with van der Waals surface area (Å²) in [7, 11) is 0. The van der Waals surface area contributed by atoms with Crippen molar-refractivity contribution in [3.63, 3.8) is 0 Å². The van der Waals surface area contributed by atoms with Crippen LogP contribution in [0.3, 0.4) is 0 Å². The van der Waals surface area contributed by atoms with Gasteiger partial charge in [0.15, 0.2) is 10.6 Å². The van der Waals surface area contributed by atoms with E-state index in [0.717, 1.165) is 11.0 Å². The lowest BCUT2D eigenvalue weighted by Gasteiger charge is -2.00. The Morgan fingerprint density at radius 1 is 1.50 bits per heavy atom. The first-order valence-corrected chi connectivity index (χ1v) is 5.57. The fourth-order valence-electron chi connectivity index (χ4n) is 1.83. The predicted molar refractivity (Wildman–Crippen MR) is 65.2 cm³/mol.